The summed E-state index contributed by atoms with van der Waals surface area (Å²) in [6, 6.07) is 0.493. The Bertz CT molecular complexity index is 348. The number of hydrogen-bond donors (Lipinski definition) is 1. The van der Waals surface area contributed by atoms with Crippen LogP contribution in [-0.2, 0) is 14.3 Å². The van der Waals surface area contributed by atoms with Gasteiger partial charge < -0.3 is 9.47 Å². The molecule has 1 atom stereocenters. The summed E-state index contributed by atoms with van der Waals surface area (Å²) < 4.78 is 11.2. The Hall–Kier alpha value is -0.610. The van der Waals surface area contributed by atoms with Crippen LogP contribution in [0.4, 0.5) is 0 Å². The van der Waals surface area contributed by atoms with Gasteiger partial charge in [-0.2, -0.15) is 0 Å². The van der Waals surface area contributed by atoms with E-state index in [2.05, 4.69) is 5.32 Å². The van der Waals surface area contributed by atoms with E-state index in [-0.39, 0.29) is 5.97 Å². The zero-order valence-corrected chi connectivity index (χ0v) is 12.5. The molecule has 0 amide bonds. The number of nitrogens with one attached hydrogen (secondary N) is 1. The molecule has 0 heterocycles. The Labute approximate surface area is 121 Å². The summed E-state index contributed by atoms with van der Waals surface area (Å²) in [5.41, 5.74) is -0.569. The lowest BCUT2D eigenvalue weighted by atomic mass is 9.93. The van der Waals surface area contributed by atoms with Gasteiger partial charge in [0.25, 0.3) is 0 Å². The number of carbonyl (C=O) groups excluding carboxylic acids is 1. The van der Waals surface area contributed by atoms with E-state index in [1.165, 1.54) is 25.7 Å². The van der Waals surface area contributed by atoms with Crippen molar-refractivity contribution in [2.75, 3.05) is 19.8 Å². The van der Waals surface area contributed by atoms with Crippen LogP contribution in [-0.4, -0.2) is 37.4 Å². The molecule has 0 spiro atoms. The zero-order chi connectivity index (χ0) is 14.0. The van der Waals surface area contributed by atoms with E-state index in [1.807, 2.05) is 6.92 Å². The summed E-state index contributed by atoms with van der Waals surface area (Å²) in [5.74, 6) is 1.19. The fraction of sp³-hybridized carbons (Fsp3) is 0.938. The molecule has 1 unspecified atom stereocenters. The van der Waals surface area contributed by atoms with Crippen LogP contribution in [0.25, 0.3) is 0 Å². The highest BCUT2D eigenvalue weighted by Gasteiger charge is 2.54. The number of rotatable bonds is 10. The van der Waals surface area contributed by atoms with Crippen LogP contribution in [0.3, 0.4) is 0 Å². The molecular formula is C16H27NO3. The van der Waals surface area contributed by atoms with Gasteiger partial charge in [0.1, 0.15) is 5.54 Å². The average molecular weight is 281 g/mol. The summed E-state index contributed by atoms with van der Waals surface area (Å²) in [4.78, 5) is 12.5. The minimum Gasteiger partial charge on any atom is -0.465 e. The normalized spacial score (nSPS) is 25.2. The minimum absolute atomic E-state index is 0.0965. The molecule has 0 aromatic carbocycles. The summed E-state index contributed by atoms with van der Waals surface area (Å²) >= 11 is 0. The van der Waals surface area contributed by atoms with Crippen molar-refractivity contribution >= 4 is 5.97 Å². The first-order valence-electron chi connectivity index (χ1n) is 8.27. The maximum atomic E-state index is 12.5. The molecule has 3 saturated carbocycles. The van der Waals surface area contributed by atoms with Crippen molar-refractivity contribution < 1.29 is 14.3 Å². The lowest BCUT2D eigenvalue weighted by Crippen LogP contribution is -2.59. The third-order valence-corrected chi connectivity index (χ3v) is 4.65. The van der Waals surface area contributed by atoms with E-state index in [9.17, 15) is 4.79 Å². The van der Waals surface area contributed by atoms with E-state index < -0.39 is 5.54 Å². The molecule has 0 aromatic heterocycles. The second-order valence-corrected chi connectivity index (χ2v) is 6.67. The molecule has 0 aromatic rings. The van der Waals surface area contributed by atoms with Gasteiger partial charge >= 0.3 is 5.97 Å². The van der Waals surface area contributed by atoms with Gasteiger partial charge in [0.15, 0.2) is 0 Å². The molecule has 114 valence electrons. The molecule has 3 aliphatic rings. The monoisotopic (exact) mass is 281 g/mol. The van der Waals surface area contributed by atoms with Gasteiger partial charge in [-0.15, -0.1) is 0 Å². The smallest absolute Gasteiger partial charge is 0.329 e. The second-order valence-electron chi connectivity index (χ2n) is 6.67. The van der Waals surface area contributed by atoms with Crippen molar-refractivity contribution in [1.82, 2.24) is 5.32 Å². The van der Waals surface area contributed by atoms with Crippen LogP contribution in [0.2, 0.25) is 0 Å². The van der Waals surface area contributed by atoms with Gasteiger partial charge in [-0.1, -0.05) is 12.8 Å². The summed E-state index contributed by atoms with van der Waals surface area (Å²) in [6.45, 7) is 3.59. The highest BCUT2D eigenvalue weighted by molar-refractivity contribution is 5.82. The molecule has 4 heteroatoms. The molecule has 0 radical (unpaired) electrons. The Morgan fingerprint density at radius 3 is 2.50 bits per heavy atom. The summed E-state index contributed by atoms with van der Waals surface area (Å²) in [6.07, 6.45) is 8.44. The van der Waals surface area contributed by atoms with Crippen molar-refractivity contribution in [2.45, 2.75) is 63.5 Å². The quantitative estimate of drug-likeness (QED) is 0.493. The topological polar surface area (TPSA) is 47.6 Å². The fourth-order valence-electron chi connectivity index (χ4n) is 2.88. The van der Waals surface area contributed by atoms with Crippen LogP contribution < -0.4 is 5.32 Å². The van der Waals surface area contributed by atoms with E-state index >= 15 is 0 Å². The highest BCUT2D eigenvalue weighted by atomic mass is 16.5. The number of hydrogen-bond acceptors (Lipinski definition) is 4. The van der Waals surface area contributed by atoms with Crippen LogP contribution >= 0.6 is 0 Å². The van der Waals surface area contributed by atoms with Crippen LogP contribution in [0.1, 0.15) is 51.9 Å². The molecule has 20 heavy (non-hydrogen) atoms. The van der Waals surface area contributed by atoms with Gasteiger partial charge in [-0.05, 0) is 50.9 Å². The van der Waals surface area contributed by atoms with Crippen molar-refractivity contribution in [3.8, 4) is 0 Å². The maximum Gasteiger partial charge on any atom is 0.329 e. The van der Waals surface area contributed by atoms with Gasteiger partial charge in [0.05, 0.1) is 13.2 Å². The van der Waals surface area contributed by atoms with E-state index in [0.717, 1.165) is 31.8 Å². The maximum absolute atomic E-state index is 12.5. The second kappa shape index (κ2) is 6.02. The summed E-state index contributed by atoms with van der Waals surface area (Å²) in [5, 5.41) is 3.56. The van der Waals surface area contributed by atoms with Crippen LogP contribution in [0.5, 0.6) is 0 Å². The Balaban J connectivity index is 1.58. The zero-order valence-electron chi connectivity index (χ0n) is 12.5. The SMILES string of the molecule is CCOC(=O)C(COCCC1CC1)(NC1CC1)C1CC1. The number of esters is 1. The van der Waals surface area contributed by atoms with E-state index in [4.69, 9.17) is 9.47 Å². The molecule has 0 aliphatic heterocycles. The van der Waals surface area contributed by atoms with Gasteiger partial charge in [0.2, 0.25) is 0 Å². The van der Waals surface area contributed by atoms with Gasteiger partial charge in [-0.3, -0.25) is 5.32 Å². The van der Waals surface area contributed by atoms with E-state index in [0.29, 0.717) is 25.2 Å². The predicted octanol–water partition coefficient (Wildman–Crippen LogP) is 2.27. The Kier molecular flexibility index (Phi) is 4.32. The predicted molar refractivity (Wildman–Crippen MR) is 76.4 cm³/mol. The molecular weight excluding hydrogens is 254 g/mol. The molecule has 3 aliphatic carbocycles. The Morgan fingerprint density at radius 2 is 1.95 bits per heavy atom. The fourth-order valence-corrected chi connectivity index (χ4v) is 2.88. The molecule has 3 fully saturated rings. The van der Waals surface area contributed by atoms with E-state index in [1.54, 1.807) is 0 Å². The lowest BCUT2D eigenvalue weighted by Gasteiger charge is -2.32. The highest BCUT2D eigenvalue weighted by Crippen LogP contribution is 2.43. The standard InChI is InChI=1S/C16H27NO3/c1-2-20-15(18)16(13-5-6-13,17-14-7-8-14)11-19-10-9-12-3-4-12/h12-14,17H,2-11H2,1H3. The third-order valence-electron chi connectivity index (χ3n) is 4.65. The molecule has 4 nitrogen and oxygen atoms in total. The van der Waals surface area contributed by atoms with Crippen molar-refractivity contribution in [2.24, 2.45) is 11.8 Å². The molecule has 3 rings (SSSR count). The number of ether oxygens (including phenoxy) is 2. The Morgan fingerprint density at radius 1 is 1.20 bits per heavy atom. The average Bonchev–Trinajstić information content (AvgIpc) is 3.28. The molecule has 1 N–H and O–H groups in total. The lowest BCUT2D eigenvalue weighted by molar-refractivity contribution is -0.155. The minimum atomic E-state index is -0.569. The largest absolute Gasteiger partial charge is 0.465 e. The summed E-state index contributed by atoms with van der Waals surface area (Å²) in [7, 11) is 0. The van der Waals surface area contributed by atoms with Crippen molar-refractivity contribution in [1.29, 1.82) is 0 Å². The van der Waals surface area contributed by atoms with Gasteiger partial charge in [0, 0.05) is 12.6 Å². The molecule has 0 bridgehead atoms. The molecule has 0 saturated heterocycles. The van der Waals surface area contributed by atoms with Crippen LogP contribution in [0.15, 0.2) is 0 Å². The first kappa shape index (κ1) is 14.3. The first-order chi connectivity index (χ1) is 9.74. The third kappa shape index (κ3) is 3.53. The van der Waals surface area contributed by atoms with Crippen molar-refractivity contribution in [3.05, 3.63) is 0 Å². The van der Waals surface area contributed by atoms with Crippen molar-refractivity contribution in [3.63, 3.8) is 0 Å². The number of carbonyl (C=O) groups is 1. The first-order valence-corrected chi connectivity index (χ1v) is 8.27. The van der Waals surface area contributed by atoms with Crippen LogP contribution in [0, 0.1) is 11.8 Å². The van der Waals surface area contributed by atoms with Gasteiger partial charge in [-0.25, -0.2) is 4.79 Å².